The Hall–Kier alpha value is -3.04. The first-order valence-corrected chi connectivity index (χ1v) is 11.6. The number of aromatic nitrogens is 5. The molecule has 0 atom stereocenters. The molecule has 2 heterocycles. The molecule has 4 aromatic rings. The summed E-state index contributed by atoms with van der Waals surface area (Å²) in [5.41, 5.74) is 2.55. The van der Waals surface area contributed by atoms with Crippen LogP contribution in [0.15, 0.2) is 53.4 Å². The fourth-order valence-electron chi connectivity index (χ4n) is 3.62. The summed E-state index contributed by atoms with van der Waals surface area (Å²) < 4.78 is 30.3. The summed E-state index contributed by atoms with van der Waals surface area (Å²) in [6.45, 7) is 5.20. The number of hydrogen-bond donors (Lipinski definition) is 0. The van der Waals surface area contributed by atoms with Crippen LogP contribution in [0.4, 0.5) is 0 Å². The first-order chi connectivity index (χ1) is 14.8. The highest BCUT2D eigenvalue weighted by molar-refractivity contribution is 7.89. The predicted molar refractivity (Wildman–Crippen MR) is 120 cm³/mol. The molecule has 0 bridgehead atoms. The normalized spacial score (nSPS) is 12.2. The molecule has 31 heavy (non-hydrogen) atoms. The second-order valence-corrected chi connectivity index (χ2v) is 9.78. The van der Waals surface area contributed by atoms with E-state index in [4.69, 9.17) is 4.98 Å². The average Bonchev–Trinajstić information content (AvgIpc) is 3.28. The van der Waals surface area contributed by atoms with E-state index in [1.807, 2.05) is 48.0 Å². The van der Waals surface area contributed by atoms with Crippen LogP contribution < -0.4 is 0 Å². The second-order valence-electron chi connectivity index (χ2n) is 7.62. The number of fused-ring (bicyclic) bond motifs is 1. The number of rotatable bonds is 7. The molecule has 0 saturated heterocycles. The number of nitrogens with zero attached hydrogens (tertiary/aromatic N) is 6. The van der Waals surface area contributed by atoms with Gasteiger partial charge in [-0.25, -0.2) is 27.4 Å². The zero-order valence-electron chi connectivity index (χ0n) is 18.1. The van der Waals surface area contributed by atoms with Gasteiger partial charge in [-0.3, -0.25) is 0 Å². The third-order valence-corrected chi connectivity index (χ3v) is 6.94. The van der Waals surface area contributed by atoms with Crippen molar-refractivity contribution < 1.29 is 8.42 Å². The quantitative estimate of drug-likeness (QED) is 0.442. The molecule has 0 aliphatic heterocycles. The van der Waals surface area contributed by atoms with Crippen molar-refractivity contribution in [3.8, 4) is 11.4 Å². The molecule has 9 heteroatoms. The van der Waals surface area contributed by atoms with Crippen molar-refractivity contribution >= 4 is 21.1 Å². The van der Waals surface area contributed by atoms with Crippen molar-refractivity contribution in [2.45, 2.75) is 38.3 Å². The van der Waals surface area contributed by atoms with E-state index in [1.54, 1.807) is 12.1 Å². The van der Waals surface area contributed by atoms with Gasteiger partial charge >= 0.3 is 0 Å². The Bertz CT molecular complexity index is 1320. The lowest BCUT2D eigenvalue weighted by Gasteiger charge is -2.11. The number of sulfonamides is 1. The number of benzene rings is 2. The van der Waals surface area contributed by atoms with Crippen LogP contribution in [0.1, 0.15) is 25.0 Å². The van der Waals surface area contributed by atoms with Crippen molar-refractivity contribution in [1.82, 2.24) is 28.6 Å². The Morgan fingerprint density at radius 1 is 1.03 bits per heavy atom. The van der Waals surface area contributed by atoms with Gasteiger partial charge in [0, 0.05) is 26.2 Å². The highest BCUT2D eigenvalue weighted by Gasteiger charge is 2.20. The monoisotopic (exact) mass is 438 g/mol. The molecule has 8 nitrogen and oxygen atoms in total. The third kappa shape index (κ3) is 3.98. The highest BCUT2D eigenvalue weighted by atomic mass is 32.2. The SMILES string of the molecule is CCCn1c(Cn2nc(C)nc2-c2ccccc2)nc2cc(S(=O)(=O)N(C)C)ccc21. The first kappa shape index (κ1) is 21.2. The maximum Gasteiger partial charge on any atom is 0.242 e. The lowest BCUT2D eigenvalue weighted by atomic mass is 10.2. The third-order valence-electron chi connectivity index (χ3n) is 5.13. The molecule has 2 aromatic heterocycles. The average molecular weight is 439 g/mol. The Balaban J connectivity index is 1.81. The lowest BCUT2D eigenvalue weighted by molar-refractivity contribution is 0.521. The van der Waals surface area contributed by atoms with Gasteiger partial charge in [-0.05, 0) is 31.5 Å². The molecular formula is C22H26N6O2S. The molecule has 2 aromatic carbocycles. The van der Waals surface area contributed by atoms with Crippen LogP contribution in [0.25, 0.3) is 22.4 Å². The van der Waals surface area contributed by atoms with E-state index in [0.29, 0.717) is 17.9 Å². The molecule has 0 unspecified atom stereocenters. The minimum absolute atomic E-state index is 0.235. The summed E-state index contributed by atoms with van der Waals surface area (Å²) in [6, 6.07) is 15.1. The Labute approximate surface area is 182 Å². The number of hydrogen-bond acceptors (Lipinski definition) is 5. The maximum atomic E-state index is 12.6. The van der Waals surface area contributed by atoms with E-state index in [1.165, 1.54) is 18.4 Å². The van der Waals surface area contributed by atoms with Crippen molar-refractivity contribution in [1.29, 1.82) is 0 Å². The zero-order valence-corrected chi connectivity index (χ0v) is 19.0. The summed E-state index contributed by atoms with van der Waals surface area (Å²) >= 11 is 0. The van der Waals surface area contributed by atoms with Gasteiger partial charge in [-0.15, -0.1) is 0 Å². The zero-order chi connectivity index (χ0) is 22.2. The van der Waals surface area contributed by atoms with Gasteiger partial charge < -0.3 is 4.57 Å². The fourth-order valence-corrected chi connectivity index (χ4v) is 4.55. The van der Waals surface area contributed by atoms with Crippen molar-refractivity contribution in [3.63, 3.8) is 0 Å². The van der Waals surface area contributed by atoms with Gasteiger partial charge in [-0.2, -0.15) is 5.10 Å². The number of imidazole rings is 1. The van der Waals surface area contributed by atoms with Gasteiger partial charge in [-0.1, -0.05) is 37.3 Å². The van der Waals surface area contributed by atoms with Gasteiger partial charge in [0.1, 0.15) is 18.2 Å². The minimum atomic E-state index is -3.53. The van der Waals surface area contributed by atoms with Crippen molar-refractivity contribution in [2.75, 3.05) is 14.1 Å². The van der Waals surface area contributed by atoms with E-state index in [0.717, 1.165) is 35.7 Å². The summed E-state index contributed by atoms with van der Waals surface area (Å²) in [6.07, 6.45) is 0.929. The smallest absolute Gasteiger partial charge is 0.242 e. The van der Waals surface area contributed by atoms with Crippen LogP contribution in [-0.4, -0.2) is 51.1 Å². The summed E-state index contributed by atoms with van der Waals surface area (Å²) in [5, 5.41) is 4.58. The molecule has 0 saturated carbocycles. The molecular weight excluding hydrogens is 412 g/mol. The fraction of sp³-hybridized carbons (Fsp3) is 0.318. The van der Waals surface area contributed by atoms with E-state index in [2.05, 4.69) is 21.6 Å². The van der Waals surface area contributed by atoms with Gasteiger partial charge in [0.25, 0.3) is 0 Å². The second kappa shape index (κ2) is 8.24. The van der Waals surface area contributed by atoms with E-state index in [-0.39, 0.29) is 4.90 Å². The largest absolute Gasteiger partial charge is 0.326 e. The van der Waals surface area contributed by atoms with Crippen LogP contribution in [0, 0.1) is 6.92 Å². The molecule has 162 valence electrons. The molecule has 0 aliphatic rings. The molecule has 0 N–H and O–H groups in total. The Kier molecular flexibility index (Phi) is 5.63. The van der Waals surface area contributed by atoms with E-state index < -0.39 is 10.0 Å². The molecule has 0 spiro atoms. The maximum absolute atomic E-state index is 12.6. The van der Waals surface area contributed by atoms with Crippen molar-refractivity contribution in [3.05, 3.63) is 60.2 Å². The molecule has 4 rings (SSSR count). The molecule has 0 fully saturated rings. The summed E-state index contributed by atoms with van der Waals surface area (Å²) in [7, 11) is -0.473. The Morgan fingerprint density at radius 2 is 1.77 bits per heavy atom. The van der Waals surface area contributed by atoms with E-state index in [9.17, 15) is 8.42 Å². The van der Waals surface area contributed by atoms with E-state index >= 15 is 0 Å². The van der Waals surface area contributed by atoms with Gasteiger partial charge in [0.2, 0.25) is 10.0 Å². The number of aryl methyl sites for hydroxylation is 2. The van der Waals surface area contributed by atoms with Crippen LogP contribution in [0.5, 0.6) is 0 Å². The first-order valence-electron chi connectivity index (χ1n) is 10.2. The standard InChI is InChI=1S/C22H26N6O2S/c1-5-13-27-20-12-11-18(31(29,30)26(3)4)14-19(20)24-21(27)15-28-22(23-16(2)25-28)17-9-7-6-8-10-17/h6-12,14H,5,13,15H2,1-4H3. The topological polar surface area (TPSA) is 85.9 Å². The van der Waals surface area contributed by atoms with Crippen LogP contribution >= 0.6 is 0 Å². The lowest BCUT2D eigenvalue weighted by Crippen LogP contribution is -2.22. The van der Waals surface area contributed by atoms with Crippen LogP contribution in [0.3, 0.4) is 0 Å². The molecule has 0 amide bonds. The summed E-state index contributed by atoms with van der Waals surface area (Å²) in [4.78, 5) is 9.63. The summed E-state index contributed by atoms with van der Waals surface area (Å²) in [5.74, 6) is 2.29. The highest BCUT2D eigenvalue weighted by Crippen LogP contribution is 2.24. The van der Waals surface area contributed by atoms with Crippen LogP contribution in [-0.2, 0) is 23.1 Å². The Morgan fingerprint density at radius 3 is 2.45 bits per heavy atom. The molecule has 0 aliphatic carbocycles. The van der Waals surface area contributed by atoms with Gasteiger partial charge in [0.05, 0.1) is 15.9 Å². The molecule has 0 radical (unpaired) electrons. The van der Waals surface area contributed by atoms with Gasteiger partial charge in [0.15, 0.2) is 5.82 Å². The van der Waals surface area contributed by atoms with Crippen molar-refractivity contribution in [2.24, 2.45) is 0 Å². The predicted octanol–water partition coefficient (Wildman–Crippen LogP) is 3.31. The van der Waals surface area contributed by atoms with Crippen LogP contribution in [0.2, 0.25) is 0 Å². The minimum Gasteiger partial charge on any atom is -0.326 e.